The van der Waals surface area contributed by atoms with Crippen LogP contribution in [0.25, 0.3) is 0 Å². The van der Waals surface area contributed by atoms with Gasteiger partial charge in [-0.25, -0.2) is 0 Å². The van der Waals surface area contributed by atoms with Gasteiger partial charge in [-0.3, -0.25) is 4.57 Å². The number of benzene rings is 1. The van der Waals surface area contributed by atoms with Crippen molar-refractivity contribution in [3.63, 3.8) is 0 Å². The molecule has 1 aromatic rings. The van der Waals surface area contributed by atoms with Gasteiger partial charge in [0.25, 0.3) is 0 Å². The van der Waals surface area contributed by atoms with Crippen LogP contribution in [0.5, 0.6) is 5.75 Å². The van der Waals surface area contributed by atoms with Crippen LogP contribution in [0.4, 0.5) is 0 Å². The van der Waals surface area contributed by atoms with Crippen LogP contribution in [-0.2, 0) is 10.7 Å². The van der Waals surface area contributed by atoms with E-state index in [9.17, 15) is 4.57 Å². The number of hydrogen-bond acceptors (Lipinski definition) is 2. The fourth-order valence-corrected chi connectivity index (χ4v) is 4.51. The first-order valence-corrected chi connectivity index (χ1v) is 8.17. The molecule has 0 aliphatic heterocycles. The lowest BCUT2D eigenvalue weighted by Gasteiger charge is -2.32. The number of ether oxygens (including phenoxy) is 1. The van der Waals surface area contributed by atoms with Gasteiger partial charge in [-0.05, 0) is 25.8 Å². The zero-order valence-electron chi connectivity index (χ0n) is 11.3. The molecule has 0 saturated heterocycles. The number of rotatable bonds is 4. The van der Waals surface area contributed by atoms with Crippen molar-refractivity contribution in [3.05, 3.63) is 29.8 Å². The van der Waals surface area contributed by atoms with Gasteiger partial charge in [-0.15, -0.1) is 0 Å². The van der Waals surface area contributed by atoms with Crippen LogP contribution in [0, 0.1) is 0 Å². The first-order valence-electron chi connectivity index (χ1n) is 6.72. The summed E-state index contributed by atoms with van der Waals surface area (Å²) in [7, 11) is 0.466. The van der Waals surface area contributed by atoms with Gasteiger partial charge in [0.1, 0.15) is 5.75 Å². The zero-order valence-corrected chi connectivity index (χ0v) is 12.2. The van der Waals surface area contributed by atoms with Gasteiger partial charge in [0.15, 0.2) is 0 Å². The predicted octanol–water partition coefficient (Wildman–Crippen LogP) is 4.75. The summed E-state index contributed by atoms with van der Waals surface area (Å²) in [5.74, 6) is 0.861. The van der Waals surface area contributed by atoms with Crippen LogP contribution >= 0.6 is 7.80 Å². The highest BCUT2D eigenvalue weighted by Gasteiger charge is 2.33. The van der Waals surface area contributed by atoms with Crippen LogP contribution in [0.2, 0.25) is 0 Å². The minimum atomic E-state index is -1.21. The number of methoxy groups -OCH3 is 1. The van der Waals surface area contributed by atoms with E-state index < -0.39 is 7.80 Å². The lowest BCUT2D eigenvalue weighted by molar-refractivity contribution is 0.398. The second-order valence-corrected chi connectivity index (χ2v) is 7.56. The summed E-state index contributed by atoms with van der Waals surface area (Å²) in [6, 6.07) is 7.92. The molecule has 1 fully saturated rings. The molecular weight excluding hydrogens is 243 g/mol. The SMILES string of the molecule is COc1ccccc1C[P](=O)C1(C)CCCCC1. The van der Waals surface area contributed by atoms with Crippen LogP contribution in [-0.4, -0.2) is 12.3 Å². The lowest BCUT2D eigenvalue weighted by atomic mass is 9.90. The minimum Gasteiger partial charge on any atom is -0.496 e. The van der Waals surface area contributed by atoms with Crippen molar-refractivity contribution in [1.82, 2.24) is 0 Å². The van der Waals surface area contributed by atoms with E-state index in [0.717, 1.165) is 24.2 Å². The standard InChI is InChI=1S/C15H22O2P/c1-15(10-6-3-7-11-15)18(16)12-13-8-4-5-9-14(13)17-2/h4-5,8-9H,3,6-7,10-12H2,1-2H3. The maximum Gasteiger partial charge on any atom is 0.122 e. The molecule has 18 heavy (non-hydrogen) atoms. The van der Waals surface area contributed by atoms with Gasteiger partial charge in [-0.1, -0.05) is 37.5 Å². The van der Waals surface area contributed by atoms with Crippen LogP contribution in [0.3, 0.4) is 0 Å². The highest BCUT2D eigenvalue weighted by molar-refractivity contribution is 7.45. The van der Waals surface area contributed by atoms with Gasteiger partial charge in [0.05, 0.1) is 14.9 Å². The van der Waals surface area contributed by atoms with E-state index in [1.165, 1.54) is 19.3 Å². The van der Waals surface area contributed by atoms with Gasteiger partial charge in [-0.2, -0.15) is 0 Å². The van der Waals surface area contributed by atoms with Crippen molar-refractivity contribution in [2.75, 3.05) is 7.11 Å². The zero-order chi connectivity index (χ0) is 13.0. The molecule has 3 heteroatoms. The van der Waals surface area contributed by atoms with E-state index in [-0.39, 0.29) is 5.16 Å². The van der Waals surface area contributed by atoms with Crippen LogP contribution in [0.1, 0.15) is 44.6 Å². The third-order valence-corrected chi connectivity index (χ3v) is 6.32. The predicted molar refractivity (Wildman–Crippen MR) is 75.8 cm³/mol. The Labute approximate surface area is 111 Å². The molecule has 1 saturated carbocycles. The number of para-hydroxylation sites is 1. The highest BCUT2D eigenvalue weighted by Crippen LogP contribution is 2.51. The van der Waals surface area contributed by atoms with Gasteiger partial charge in [0, 0.05) is 16.9 Å². The summed E-state index contributed by atoms with van der Waals surface area (Å²) in [4.78, 5) is 0. The van der Waals surface area contributed by atoms with Gasteiger partial charge in [0.2, 0.25) is 0 Å². The average Bonchev–Trinajstić information content (AvgIpc) is 2.40. The number of hydrogen-bond donors (Lipinski definition) is 0. The summed E-state index contributed by atoms with van der Waals surface area (Å²) in [6.07, 6.45) is 6.62. The Morgan fingerprint density at radius 3 is 2.56 bits per heavy atom. The Bertz CT molecular complexity index is 422. The molecule has 1 unspecified atom stereocenters. The minimum absolute atomic E-state index is 0.0361. The third-order valence-electron chi connectivity index (χ3n) is 4.04. The van der Waals surface area contributed by atoms with E-state index >= 15 is 0 Å². The molecule has 1 aliphatic carbocycles. The molecule has 1 radical (unpaired) electrons. The molecule has 1 aromatic carbocycles. The molecule has 0 heterocycles. The van der Waals surface area contributed by atoms with Crippen molar-refractivity contribution in [2.24, 2.45) is 0 Å². The lowest BCUT2D eigenvalue weighted by Crippen LogP contribution is -2.23. The Balaban J connectivity index is 2.10. The summed E-state index contributed by atoms with van der Waals surface area (Å²) in [5.41, 5.74) is 1.08. The van der Waals surface area contributed by atoms with Crippen molar-refractivity contribution >= 4 is 7.80 Å². The highest BCUT2D eigenvalue weighted by atomic mass is 31.1. The quantitative estimate of drug-likeness (QED) is 0.735. The maximum absolute atomic E-state index is 12.7. The van der Waals surface area contributed by atoms with E-state index in [2.05, 4.69) is 6.92 Å². The molecule has 0 bridgehead atoms. The second kappa shape index (κ2) is 5.84. The van der Waals surface area contributed by atoms with E-state index in [1.54, 1.807) is 7.11 Å². The summed E-state index contributed by atoms with van der Waals surface area (Å²) >= 11 is 0. The summed E-state index contributed by atoms with van der Waals surface area (Å²) in [6.45, 7) is 2.19. The molecule has 0 spiro atoms. The summed E-state index contributed by atoms with van der Waals surface area (Å²) in [5, 5.41) is 0.0361. The van der Waals surface area contributed by atoms with Crippen molar-refractivity contribution in [1.29, 1.82) is 0 Å². The molecule has 99 valence electrons. The fraction of sp³-hybridized carbons (Fsp3) is 0.600. The van der Waals surface area contributed by atoms with Crippen LogP contribution < -0.4 is 4.74 Å². The fourth-order valence-electron chi connectivity index (χ4n) is 2.74. The topological polar surface area (TPSA) is 26.3 Å². The Kier molecular flexibility index (Phi) is 4.40. The van der Waals surface area contributed by atoms with Crippen molar-refractivity contribution in [3.8, 4) is 5.75 Å². The molecule has 0 aromatic heterocycles. The monoisotopic (exact) mass is 265 g/mol. The van der Waals surface area contributed by atoms with Gasteiger partial charge >= 0.3 is 0 Å². The Morgan fingerprint density at radius 1 is 1.22 bits per heavy atom. The third kappa shape index (κ3) is 2.92. The molecule has 1 atom stereocenters. The van der Waals surface area contributed by atoms with Crippen molar-refractivity contribution in [2.45, 2.75) is 50.3 Å². The molecule has 0 N–H and O–H groups in total. The Morgan fingerprint density at radius 2 is 1.89 bits per heavy atom. The molecule has 2 nitrogen and oxygen atoms in total. The van der Waals surface area contributed by atoms with E-state index in [4.69, 9.17) is 4.74 Å². The molecule has 2 rings (SSSR count). The molecule has 0 amide bonds. The molecule has 1 aliphatic rings. The largest absolute Gasteiger partial charge is 0.496 e. The van der Waals surface area contributed by atoms with Crippen molar-refractivity contribution < 1.29 is 9.30 Å². The van der Waals surface area contributed by atoms with Gasteiger partial charge < -0.3 is 4.74 Å². The average molecular weight is 265 g/mol. The second-order valence-electron chi connectivity index (χ2n) is 5.41. The first-order chi connectivity index (χ1) is 8.65. The Hall–Kier alpha value is -0.880. The molecular formula is C15H22O2P. The summed E-state index contributed by atoms with van der Waals surface area (Å²) < 4.78 is 18.0. The smallest absolute Gasteiger partial charge is 0.122 e. The van der Waals surface area contributed by atoms with E-state index in [0.29, 0.717) is 6.16 Å². The van der Waals surface area contributed by atoms with E-state index in [1.807, 2.05) is 24.3 Å². The first kappa shape index (κ1) is 13.5. The maximum atomic E-state index is 12.7. The normalized spacial score (nSPS) is 19.3. The van der Waals surface area contributed by atoms with Crippen LogP contribution in [0.15, 0.2) is 24.3 Å².